The Bertz CT molecular complexity index is 650. The van der Waals surface area contributed by atoms with Crippen LogP contribution in [-0.2, 0) is 0 Å². The predicted octanol–water partition coefficient (Wildman–Crippen LogP) is 4.42. The van der Waals surface area contributed by atoms with Gasteiger partial charge in [0.1, 0.15) is 0 Å². The number of benzene rings is 2. The van der Waals surface area contributed by atoms with Crippen LogP contribution in [-0.4, -0.2) is 4.92 Å². The fourth-order valence-corrected chi connectivity index (χ4v) is 3.40. The van der Waals surface area contributed by atoms with Crippen LogP contribution in [0.1, 0.15) is 0 Å². The van der Waals surface area contributed by atoms with Crippen molar-refractivity contribution in [3.8, 4) is 11.1 Å². The number of nitro groups is 1. The Morgan fingerprint density at radius 1 is 0.947 bits per heavy atom. The van der Waals surface area contributed by atoms with Gasteiger partial charge in [-0.3, -0.25) is 10.1 Å². The molecule has 0 aliphatic heterocycles. The van der Waals surface area contributed by atoms with E-state index in [9.17, 15) is 10.1 Å². The molecule has 0 unspecified atom stereocenters. The zero-order valence-electron chi connectivity index (χ0n) is 9.44. The highest BCUT2D eigenvalue weighted by molar-refractivity contribution is 7.82. The molecule has 0 aromatic heterocycles. The third kappa shape index (κ3) is 2.89. The van der Waals surface area contributed by atoms with E-state index in [4.69, 9.17) is 0 Å². The van der Waals surface area contributed by atoms with E-state index in [1.54, 1.807) is 30.3 Å². The molecule has 0 N–H and O–H groups in total. The summed E-state index contributed by atoms with van der Waals surface area (Å²) >= 11 is 17.1. The second kappa shape index (κ2) is 5.70. The van der Waals surface area contributed by atoms with Crippen molar-refractivity contribution in [2.24, 2.45) is 0 Å². The summed E-state index contributed by atoms with van der Waals surface area (Å²) < 4.78 is 0. The van der Waals surface area contributed by atoms with Crippen molar-refractivity contribution in [3.05, 3.63) is 40.4 Å². The van der Waals surface area contributed by atoms with Gasteiger partial charge in [-0.05, 0) is 24.3 Å². The molecule has 0 heterocycles. The lowest BCUT2D eigenvalue weighted by atomic mass is 10.0. The number of rotatable bonds is 2. The number of para-hydroxylation sites is 1. The molecule has 2 aromatic rings. The zero-order chi connectivity index (χ0) is 14.2. The molecule has 0 bridgehead atoms. The summed E-state index contributed by atoms with van der Waals surface area (Å²) in [6, 6.07) is 8.38. The summed E-state index contributed by atoms with van der Waals surface area (Å²) in [5.74, 6) is 0. The van der Waals surface area contributed by atoms with Crippen molar-refractivity contribution in [1.82, 2.24) is 0 Å². The van der Waals surface area contributed by atoms with E-state index in [0.29, 0.717) is 30.7 Å². The topological polar surface area (TPSA) is 43.1 Å². The van der Waals surface area contributed by atoms with E-state index < -0.39 is 4.92 Å². The summed E-state index contributed by atoms with van der Waals surface area (Å²) in [5, 5.41) is 11.2. The van der Waals surface area contributed by atoms with Gasteiger partial charge in [0.15, 0.2) is 0 Å². The molecule has 0 aliphatic carbocycles. The molecule has 19 heavy (non-hydrogen) atoms. The van der Waals surface area contributed by atoms with Crippen molar-refractivity contribution in [1.29, 1.82) is 0 Å². The van der Waals surface area contributed by atoms with E-state index in [1.807, 2.05) is 0 Å². The Kier molecular flexibility index (Phi) is 4.39. The maximum absolute atomic E-state index is 11.2. The predicted molar refractivity (Wildman–Crippen MR) is 87.5 cm³/mol. The first-order valence-corrected chi connectivity index (χ1v) is 6.92. The van der Waals surface area contributed by atoms with Gasteiger partial charge >= 0.3 is 0 Å². The van der Waals surface area contributed by atoms with E-state index in [0.717, 1.165) is 0 Å². The van der Waals surface area contributed by atoms with E-state index in [1.165, 1.54) is 0 Å². The van der Waals surface area contributed by atoms with Gasteiger partial charge in [-0.25, -0.2) is 0 Å². The molecular weight excluding hydrogens is 318 g/mol. The lowest BCUT2D eigenvalue weighted by Crippen LogP contribution is -1.95. The van der Waals surface area contributed by atoms with E-state index in [2.05, 4.69) is 50.5 Å². The minimum Gasteiger partial charge on any atom is -0.258 e. The van der Waals surface area contributed by atoms with Crippen molar-refractivity contribution < 1.29 is 4.92 Å². The van der Waals surface area contributed by atoms with Crippen LogP contribution in [0.25, 0.3) is 11.1 Å². The number of nitrogens with zero attached hydrogens (tertiary/aromatic N) is 1. The normalized spacial score (nSPS) is 10.5. The minimum atomic E-state index is -0.452. The molecule has 2 aromatic carbocycles. The summed E-state index contributed by atoms with van der Waals surface area (Å²) in [4.78, 5) is 12.9. The third-order valence-electron chi connectivity index (χ3n) is 2.55. The van der Waals surface area contributed by atoms with Crippen LogP contribution in [0.15, 0.2) is 49.9 Å². The van der Waals surface area contributed by atoms with Gasteiger partial charge in [-0.15, -0.1) is 50.5 Å². The Labute approximate surface area is 132 Å². The van der Waals surface area contributed by atoms with Crippen LogP contribution in [0, 0.1) is 10.1 Å². The van der Waals surface area contributed by atoms with Crippen molar-refractivity contribution in [2.75, 3.05) is 0 Å². The first-order valence-electron chi connectivity index (χ1n) is 5.13. The monoisotopic (exact) mass is 327 g/mol. The molecule has 0 aliphatic rings. The number of nitro benzene ring substituents is 1. The number of hydrogen-bond donors (Lipinski definition) is 4. The highest BCUT2D eigenvalue weighted by Gasteiger charge is 2.21. The molecule has 98 valence electrons. The van der Waals surface area contributed by atoms with E-state index in [-0.39, 0.29) is 5.69 Å². The second-order valence-corrected chi connectivity index (χ2v) is 5.75. The van der Waals surface area contributed by atoms with Gasteiger partial charge in [0.25, 0.3) is 5.69 Å². The fraction of sp³-hybridized carbons (Fsp3) is 0. The highest BCUT2D eigenvalue weighted by Crippen LogP contribution is 2.41. The second-order valence-electron chi connectivity index (χ2n) is 3.79. The van der Waals surface area contributed by atoms with E-state index >= 15 is 0 Å². The van der Waals surface area contributed by atoms with Gasteiger partial charge in [0.2, 0.25) is 0 Å². The number of thiol groups is 4. The van der Waals surface area contributed by atoms with Gasteiger partial charge in [0.05, 0.1) is 15.4 Å². The molecule has 0 saturated carbocycles. The third-order valence-corrected chi connectivity index (χ3v) is 3.87. The Morgan fingerprint density at radius 3 is 2.05 bits per heavy atom. The fourth-order valence-electron chi connectivity index (χ4n) is 1.80. The smallest absolute Gasteiger partial charge is 0.258 e. The summed E-state index contributed by atoms with van der Waals surface area (Å²) in [6.07, 6.45) is 0. The Balaban J connectivity index is 2.80. The molecule has 2 rings (SSSR count). The molecule has 3 nitrogen and oxygen atoms in total. The molecule has 0 atom stereocenters. The quantitative estimate of drug-likeness (QED) is 0.375. The first kappa shape index (κ1) is 14.6. The molecule has 0 fully saturated rings. The van der Waals surface area contributed by atoms with Gasteiger partial charge in [-0.2, -0.15) is 0 Å². The minimum absolute atomic E-state index is 0.0525. The van der Waals surface area contributed by atoms with Crippen LogP contribution >= 0.6 is 50.5 Å². The first-order chi connectivity index (χ1) is 8.91. The van der Waals surface area contributed by atoms with Crippen LogP contribution < -0.4 is 0 Å². The highest BCUT2D eigenvalue weighted by atomic mass is 32.1. The largest absolute Gasteiger partial charge is 0.290 e. The summed E-state index contributed by atoms with van der Waals surface area (Å²) in [7, 11) is 0. The molecule has 0 saturated heterocycles. The Morgan fingerprint density at radius 2 is 1.53 bits per heavy atom. The molecular formula is C12H9NO2S4. The lowest BCUT2D eigenvalue weighted by molar-refractivity contribution is -0.387. The Hall–Kier alpha value is -0.760. The van der Waals surface area contributed by atoms with Crippen molar-refractivity contribution in [2.45, 2.75) is 19.6 Å². The molecule has 0 spiro atoms. The van der Waals surface area contributed by atoms with Gasteiger partial charge in [0, 0.05) is 20.2 Å². The zero-order valence-corrected chi connectivity index (χ0v) is 13.0. The van der Waals surface area contributed by atoms with Crippen LogP contribution in [0.5, 0.6) is 0 Å². The van der Waals surface area contributed by atoms with Gasteiger partial charge < -0.3 is 0 Å². The molecule has 7 heteroatoms. The maximum Gasteiger partial charge on any atom is 0.290 e. The lowest BCUT2D eigenvalue weighted by Gasteiger charge is -2.11. The van der Waals surface area contributed by atoms with Crippen LogP contribution in [0.4, 0.5) is 5.69 Å². The average Bonchev–Trinajstić information content (AvgIpc) is 2.26. The molecule has 0 radical (unpaired) electrons. The molecule has 0 amide bonds. The van der Waals surface area contributed by atoms with Crippen LogP contribution in [0.3, 0.4) is 0 Å². The SMILES string of the molecule is O=[N+]([O-])c1c(S)cccc1-c1c(S)cc(S)cc1S. The van der Waals surface area contributed by atoms with Crippen LogP contribution in [0.2, 0.25) is 0 Å². The average molecular weight is 327 g/mol. The van der Waals surface area contributed by atoms with Gasteiger partial charge in [-0.1, -0.05) is 6.07 Å². The summed E-state index contributed by atoms with van der Waals surface area (Å²) in [6.45, 7) is 0. The summed E-state index contributed by atoms with van der Waals surface area (Å²) in [5.41, 5.74) is 0.997. The van der Waals surface area contributed by atoms with Crippen molar-refractivity contribution in [3.63, 3.8) is 0 Å². The number of hydrogen-bond acceptors (Lipinski definition) is 6. The maximum atomic E-state index is 11.2. The standard InChI is InChI=1S/C12H9NO2S4/c14-13(15)12-7(2-1-3-8(12)17)11-9(18)4-6(16)5-10(11)19/h1-5,16-19H. The van der Waals surface area contributed by atoms with Crippen molar-refractivity contribution >= 4 is 56.2 Å².